The largest absolute Gasteiger partial charge is 0.416 e. The average Bonchev–Trinajstić information content (AvgIpc) is 3.01. The van der Waals surface area contributed by atoms with E-state index in [1.807, 2.05) is 6.92 Å². The van der Waals surface area contributed by atoms with Crippen molar-refractivity contribution >= 4 is 18.3 Å². The van der Waals surface area contributed by atoms with Crippen molar-refractivity contribution in [3.63, 3.8) is 0 Å². The number of likely N-dealkylation sites (N-methyl/N-ethyl adjacent to an activating group) is 1. The number of benzene rings is 1. The molecule has 0 aliphatic rings. The van der Waals surface area contributed by atoms with Crippen molar-refractivity contribution in [1.82, 2.24) is 20.4 Å². The zero-order valence-corrected chi connectivity index (χ0v) is 13.7. The predicted molar refractivity (Wildman–Crippen MR) is 86.7 cm³/mol. The van der Waals surface area contributed by atoms with Crippen molar-refractivity contribution < 1.29 is 18.0 Å². The van der Waals surface area contributed by atoms with Crippen molar-refractivity contribution in [3.8, 4) is 5.69 Å². The van der Waals surface area contributed by atoms with Gasteiger partial charge in [0.05, 0.1) is 11.3 Å². The lowest BCUT2D eigenvalue weighted by atomic mass is 10.2. The minimum atomic E-state index is -4.42. The molecule has 1 heterocycles. The molecule has 0 aliphatic carbocycles. The SMILES string of the molecule is CCNCCNC(=O)c1ccn(-c2cccc(C(F)(F)F)c2)n1.Cl. The summed E-state index contributed by atoms with van der Waals surface area (Å²) in [6.07, 6.45) is -2.97. The first-order valence-electron chi connectivity index (χ1n) is 7.14. The van der Waals surface area contributed by atoms with E-state index in [4.69, 9.17) is 0 Å². The summed E-state index contributed by atoms with van der Waals surface area (Å²) in [4.78, 5) is 11.9. The maximum atomic E-state index is 12.7. The molecular formula is C15H18ClF3N4O. The van der Waals surface area contributed by atoms with E-state index in [1.54, 1.807) is 0 Å². The first kappa shape index (κ1) is 20.0. The second kappa shape index (κ2) is 8.70. The van der Waals surface area contributed by atoms with Crippen molar-refractivity contribution in [2.24, 2.45) is 0 Å². The Labute approximate surface area is 143 Å². The molecule has 0 saturated heterocycles. The quantitative estimate of drug-likeness (QED) is 0.777. The number of carbonyl (C=O) groups excluding carboxylic acids is 1. The van der Waals surface area contributed by atoms with Gasteiger partial charge in [0.2, 0.25) is 0 Å². The highest BCUT2D eigenvalue weighted by molar-refractivity contribution is 5.92. The fourth-order valence-corrected chi connectivity index (χ4v) is 1.95. The first-order valence-corrected chi connectivity index (χ1v) is 7.14. The van der Waals surface area contributed by atoms with Gasteiger partial charge in [-0.25, -0.2) is 4.68 Å². The summed E-state index contributed by atoms with van der Waals surface area (Å²) >= 11 is 0. The van der Waals surface area contributed by atoms with Gasteiger partial charge in [-0.3, -0.25) is 4.79 Å². The predicted octanol–water partition coefficient (Wildman–Crippen LogP) is 2.65. The molecule has 24 heavy (non-hydrogen) atoms. The van der Waals surface area contributed by atoms with Crippen LogP contribution in [0.2, 0.25) is 0 Å². The van der Waals surface area contributed by atoms with Crippen LogP contribution >= 0.6 is 12.4 Å². The lowest BCUT2D eigenvalue weighted by Crippen LogP contribution is -2.32. The molecule has 132 valence electrons. The maximum Gasteiger partial charge on any atom is 0.416 e. The smallest absolute Gasteiger partial charge is 0.349 e. The van der Waals surface area contributed by atoms with Crippen LogP contribution in [0.1, 0.15) is 23.0 Å². The van der Waals surface area contributed by atoms with Crippen molar-refractivity contribution in [2.75, 3.05) is 19.6 Å². The van der Waals surface area contributed by atoms with E-state index in [0.717, 1.165) is 18.7 Å². The highest BCUT2D eigenvalue weighted by atomic mass is 35.5. The van der Waals surface area contributed by atoms with E-state index < -0.39 is 11.7 Å². The molecule has 5 nitrogen and oxygen atoms in total. The first-order chi connectivity index (χ1) is 10.9. The van der Waals surface area contributed by atoms with Crippen LogP contribution in [0.25, 0.3) is 5.69 Å². The van der Waals surface area contributed by atoms with Crippen LogP contribution in [0.3, 0.4) is 0 Å². The second-order valence-electron chi connectivity index (χ2n) is 4.80. The molecule has 0 bridgehead atoms. The van der Waals surface area contributed by atoms with Crippen LogP contribution in [0.5, 0.6) is 0 Å². The standard InChI is InChI=1S/C15H17F3N4O.ClH/c1-2-19-7-8-20-14(23)13-6-9-22(21-13)12-5-3-4-11(10-12)15(16,17)18;/h3-6,9-10,19H,2,7-8H2,1H3,(H,20,23);1H. The summed E-state index contributed by atoms with van der Waals surface area (Å²) in [6, 6.07) is 6.23. The number of hydrogen-bond acceptors (Lipinski definition) is 3. The molecular weight excluding hydrogens is 345 g/mol. The molecule has 0 aliphatic heterocycles. The van der Waals surface area contributed by atoms with Gasteiger partial charge in [0, 0.05) is 19.3 Å². The van der Waals surface area contributed by atoms with Gasteiger partial charge < -0.3 is 10.6 Å². The minimum Gasteiger partial charge on any atom is -0.349 e. The molecule has 1 amide bonds. The Morgan fingerprint density at radius 3 is 2.67 bits per heavy atom. The zero-order chi connectivity index (χ0) is 16.9. The molecule has 1 aromatic heterocycles. The van der Waals surface area contributed by atoms with E-state index in [0.29, 0.717) is 13.1 Å². The van der Waals surface area contributed by atoms with Crippen LogP contribution in [-0.2, 0) is 6.18 Å². The van der Waals surface area contributed by atoms with Crippen LogP contribution in [0.15, 0.2) is 36.5 Å². The Hall–Kier alpha value is -2.06. The van der Waals surface area contributed by atoms with Crippen molar-refractivity contribution in [2.45, 2.75) is 13.1 Å². The van der Waals surface area contributed by atoms with Gasteiger partial charge in [0.15, 0.2) is 5.69 Å². The molecule has 0 fully saturated rings. The van der Waals surface area contributed by atoms with Crippen molar-refractivity contribution in [3.05, 3.63) is 47.8 Å². The summed E-state index contributed by atoms with van der Waals surface area (Å²) < 4.78 is 39.4. The van der Waals surface area contributed by atoms with E-state index in [2.05, 4.69) is 15.7 Å². The molecule has 0 unspecified atom stereocenters. The number of carbonyl (C=O) groups is 1. The van der Waals surface area contributed by atoms with Gasteiger partial charge in [-0.2, -0.15) is 18.3 Å². The Bertz CT molecular complexity index is 673. The Kier molecular flexibility index (Phi) is 7.24. The Morgan fingerprint density at radius 1 is 1.25 bits per heavy atom. The maximum absolute atomic E-state index is 12.7. The monoisotopic (exact) mass is 362 g/mol. The topological polar surface area (TPSA) is 58.9 Å². The molecule has 0 radical (unpaired) electrons. The van der Waals surface area contributed by atoms with Crippen LogP contribution in [-0.4, -0.2) is 35.3 Å². The minimum absolute atomic E-state index is 0. The molecule has 9 heteroatoms. The number of alkyl halides is 3. The molecule has 0 atom stereocenters. The number of amides is 1. The van der Waals surface area contributed by atoms with Crippen LogP contribution in [0.4, 0.5) is 13.2 Å². The van der Waals surface area contributed by atoms with Gasteiger partial charge in [-0.1, -0.05) is 13.0 Å². The third kappa shape index (κ3) is 5.24. The van der Waals surface area contributed by atoms with E-state index in [1.165, 1.54) is 29.1 Å². The van der Waals surface area contributed by atoms with Gasteiger partial charge in [-0.05, 0) is 30.8 Å². The highest BCUT2D eigenvalue weighted by Gasteiger charge is 2.30. The number of rotatable bonds is 6. The average molecular weight is 363 g/mol. The number of halogens is 4. The summed E-state index contributed by atoms with van der Waals surface area (Å²) in [5.74, 6) is -0.367. The highest BCUT2D eigenvalue weighted by Crippen LogP contribution is 2.30. The third-order valence-corrected chi connectivity index (χ3v) is 3.10. The summed E-state index contributed by atoms with van der Waals surface area (Å²) in [5, 5.41) is 9.76. The lowest BCUT2D eigenvalue weighted by Gasteiger charge is -2.08. The number of nitrogens with zero attached hydrogens (tertiary/aromatic N) is 2. The molecule has 0 spiro atoms. The van der Waals surface area contributed by atoms with E-state index in [-0.39, 0.29) is 29.7 Å². The fraction of sp³-hybridized carbons (Fsp3) is 0.333. The third-order valence-electron chi connectivity index (χ3n) is 3.10. The summed E-state index contributed by atoms with van der Waals surface area (Å²) in [6.45, 7) is 3.85. The van der Waals surface area contributed by atoms with Crippen LogP contribution < -0.4 is 10.6 Å². The van der Waals surface area contributed by atoms with E-state index >= 15 is 0 Å². The second-order valence-corrected chi connectivity index (χ2v) is 4.80. The Morgan fingerprint density at radius 2 is 2.00 bits per heavy atom. The van der Waals surface area contributed by atoms with Gasteiger partial charge in [0.25, 0.3) is 5.91 Å². The summed E-state index contributed by atoms with van der Waals surface area (Å²) in [5.41, 5.74) is -0.368. The van der Waals surface area contributed by atoms with Crippen molar-refractivity contribution in [1.29, 1.82) is 0 Å². The number of aromatic nitrogens is 2. The van der Waals surface area contributed by atoms with Gasteiger partial charge >= 0.3 is 6.18 Å². The molecule has 1 aromatic carbocycles. The molecule has 2 N–H and O–H groups in total. The Balaban J connectivity index is 0.00000288. The molecule has 2 rings (SSSR count). The number of hydrogen-bond donors (Lipinski definition) is 2. The lowest BCUT2D eigenvalue weighted by molar-refractivity contribution is -0.137. The fourth-order valence-electron chi connectivity index (χ4n) is 1.95. The zero-order valence-electron chi connectivity index (χ0n) is 12.9. The van der Waals surface area contributed by atoms with E-state index in [9.17, 15) is 18.0 Å². The number of nitrogens with one attached hydrogen (secondary N) is 2. The van der Waals surface area contributed by atoms with Crippen LogP contribution in [0, 0.1) is 0 Å². The van der Waals surface area contributed by atoms with Gasteiger partial charge in [-0.15, -0.1) is 12.4 Å². The molecule has 0 saturated carbocycles. The summed E-state index contributed by atoms with van der Waals surface area (Å²) in [7, 11) is 0. The molecule has 2 aromatic rings. The van der Waals surface area contributed by atoms with Gasteiger partial charge in [0.1, 0.15) is 0 Å². The normalized spacial score (nSPS) is 11.0.